The van der Waals surface area contributed by atoms with Gasteiger partial charge in [0.05, 0.1) is 11.4 Å². The first-order valence-electron chi connectivity index (χ1n) is 9.62. The predicted octanol–water partition coefficient (Wildman–Crippen LogP) is 1.82. The lowest BCUT2D eigenvalue weighted by Crippen LogP contribution is -2.58. The molecule has 0 atom stereocenters. The smallest absolute Gasteiger partial charge is 0.151 e. The van der Waals surface area contributed by atoms with Crippen molar-refractivity contribution in [1.29, 1.82) is 0 Å². The number of hydrogen-bond donors (Lipinski definition) is 0. The standard InChI is InChI=1S/C19H26N6/c1-23(11-15-10-16-6-4-8-25(16)22-15)17-12-24(13-17)19-9-14-5-2-3-7-18(14)20-21-19/h9-10,17H,2-8,11-13H2,1H3. The normalized spacial score (nSPS) is 19.8. The average Bonchev–Trinajstić information content (AvgIpc) is 3.14. The lowest BCUT2D eigenvalue weighted by atomic mass is 9.96. The van der Waals surface area contributed by atoms with Crippen LogP contribution in [0.15, 0.2) is 12.1 Å². The molecular formula is C19H26N6. The average molecular weight is 338 g/mol. The van der Waals surface area contributed by atoms with E-state index < -0.39 is 0 Å². The molecule has 0 saturated carbocycles. The molecule has 0 amide bonds. The topological polar surface area (TPSA) is 50.1 Å². The summed E-state index contributed by atoms with van der Waals surface area (Å²) in [5.41, 5.74) is 5.25. The molecule has 0 unspecified atom stereocenters. The molecule has 1 aliphatic carbocycles. The monoisotopic (exact) mass is 338 g/mol. The SMILES string of the molecule is CN(Cc1cc2n(n1)CCC2)C1CN(c2cc3c(nn2)CCCC3)C1. The van der Waals surface area contributed by atoms with Crippen LogP contribution in [0.25, 0.3) is 0 Å². The highest BCUT2D eigenvalue weighted by Gasteiger charge is 2.32. The third-order valence-corrected chi connectivity index (χ3v) is 5.99. The quantitative estimate of drug-likeness (QED) is 0.851. The fraction of sp³-hybridized carbons (Fsp3) is 0.632. The predicted molar refractivity (Wildman–Crippen MR) is 96.7 cm³/mol. The number of anilines is 1. The third-order valence-electron chi connectivity index (χ3n) is 5.99. The minimum absolute atomic E-state index is 0.578. The van der Waals surface area contributed by atoms with Gasteiger partial charge in [-0.15, -0.1) is 5.10 Å². The van der Waals surface area contributed by atoms with Crippen LogP contribution >= 0.6 is 0 Å². The van der Waals surface area contributed by atoms with E-state index in [1.807, 2.05) is 0 Å². The van der Waals surface area contributed by atoms with Gasteiger partial charge in [0, 0.05) is 37.9 Å². The first-order chi connectivity index (χ1) is 12.3. The van der Waals surface area contributed by atoms with E-state index in [2.05, 4.69) is 43.9 Å². The summed E-state index contributed by atoms with van der Waals surface area (Å²) in [7, 11) is 2.21. The molecule has 6 nitrogen and oxygen atoms in total. The number of likely N-dealkylation sites (N-methyl/N-ethyl adjacent to an activating group) is 1. The summed E-state index contributed by atoms with van der Waals surface area (Å²) >= 11 is 0. The Hall–Kier alpha value is -1.95. The Balaban J connectivity index is 1.19. The summed E-state index contributed by atoms with van der Waals surface area (Å²) < 4.78 is 2.18. The molecule has 5 rings (SSSR count). The molecule has 0 bridgehead atoms. The Kier molecular flexibility index (Phi) is 3.73. The number of aryl methyl sites for hydroxylation is 4. The van der Waals surface area contributed by atoms with E-state index in [1.165, 1.54) is 54.7 Å². The van der Waals surface area contributed by atoms with Gasteiger partial charge in [0.1, 0.15) is 0 Å². The molecule has 2 aromatic rings. The number of aromatic nitrogens is 4. The maximum atomic E-state index is 4.74. The number of fused-ring (bicyclic) bond motifs is 2. The maximum Gasteiger partial charge on any atom is 0.151 e. The summed E-state index contributed by atoms with van der Waals surface area (Å²) in [4.78, 5) is 4.79. The van der Waals surface area contributed by atoms with Crippen molar-refractivity contribution in [3.8, 4) is 0 Å². The van der Waals surface area contributed by atoms with Crippen LogP contribution in [0.3, 0.4) is 0 Å². The van der Waals surface area contributed by atoms with Crippen molar-refractivity contribution in [2.24, 2.45) is 0 Å². The van der Waals surface area contributed by atoms with Crippen LogP contribution in [-0.4, -0.2) is 51.1 Å². The van der Waals surface area contributed by atoms with Gasteiger partial charge in [-0.2, -0.15) is 10.2 Å². The van der Waals surface area contributed by atoms with Crippen LogP contribution < -0.4 is 4.90 Å². The number of nitrogens with zero attached hydrogens (tertiary/aromatic N) is 6. The van der Waals surface area contributed by atoms with Gasteiger partial charge in [-0.1, -0.05) is 0 Å². The van der Waals surface area contributed by atoms with E-state index in [-0.39, 0.29) is 0 Å². The first-order valence-corrected chi connectivity index (χ1v) is 9.62. The largest absolute Gasteiger partial charge is 0.352 e. The number of rotatable bonds is 4. The van der Waals surface area contributed by atoms with E-state index in [0.29, 0.717) is 6.04 Å². The Morgan fingerprint density at radius 1 is 1.08 bits per heavy atom. The maximum absolute atomic E-state index is 4.74. The fourth-order valence-electron chi connectivity index (χ4n) is 4.34. The molecule has 132 valence electrons. The molecule has 0 N–H and O–H groups in total. The van der Waals surface area contributed by atoms with Gasteiger partial charge in [-0.3, -0.25) is 9.58 Å². The van der Waals surface area contributed by atoms with Gasteiger partial charge in [-0.25, -0.2) is 0 Å². The summed E-state index contributed by atoms with van der Waals surface area (Å²) in [5, 5.41) is 13.7. The number of hydrogen-bond acceptors (Lipinski definition) is 5. The zero-order valence-corrected chi connectivity index (χ0v) is 15.0. The highest BCUT2D eigenvalue weighted by atomic mass is 15.4. The van der Waals surface area contributed by atoms with Gasteiger partial charge < -0.3 is 4.90 Å². The van der Waals surface area contributed by atoms with E-state index >= 15 is 0 Å². The molecule has 3 aliphatic rings. The van der Waals surface area contributed by atoms with Crippen LogP contribution in [0.1, 0.15) is 41.9 Å². The van der Waals surface area contributed by atoms with Crippen LogP contribution in [0.4, 0.5) is 5.82 Å². The molecule has 1 fully saturated rings. The molecule has 0 radical (unpaired) electrons. The molecule has 0 spiro atoms. The van der Waals surface area contributed by atoms with Gasteiger partial charge >= 0.3 is 0 Å². The second-order valence-corrected chi connectivity index (χ2v) is 7.81. The molecule has 6 heteroatoms. The minimum Gasteiger partial charge on any atom is -0.352 e. The lowest BCUT2D eigenvalue weighted by Gasteiger charge is -2.44. The lowest BCUT2D eigenvalue weighted by molar-refractivity contribution is 0.194. The van der Waals surface area contributed by atoms with Gasteiger partial charge in [0.15, 0.2) is 5.82 Å². The van der Waals surface area contributed by atoms with Crippen molar-refractivity contribution in [2.45, 2.75) is 57.7 Å². The van der Waals surface area contributed by atoms with Crippen molar-refractivity contribution in [3.63, 3.8) is 0 Å². The van der Waals surface area contributed by atoms with E-state index in [4.69, 9.17) is 5.10 Å². The van der Waals surface area contributed by atoms with Crippen molar-refractivity contribution in [3.05, 3.63) is 34.8 Å². The molecule has 0 aromatic carbocycles. The zero-order valence-electron chi connectivity index (χ0n) is 15.0. The van der Waals surface area contributed by atoms with Crippen LogP contribution in [0.5, 0.6) is 0 Å². The van der Waals surface area contributed by atoms with Crippen molar-refractivity contribution >= 4 is 5.82 Å². The summed E-state index contributed by atoms with van der Waals surface area (Å²) in [6.45, 7) is 4.11. The van der Waals surface area contributed by atoms with E-state index in [0.717, 1.165) is 38.4 Å². The minimum atomic E-state index is 0.578. The molecule has 1 saturated heterocycles. The summed E-state index contributed by atoms with van der Waals surface area (Å²) in [6, 6.07) is 5.14. The summed E-state index contributed by atoms with van der Waals surface area (Å²) in [6.07, 6.45) is 7.25. The van der Waals surface area contributed by atoms with Gasteiger partial charge in [-0.05, 0) is 63.3 Å². The highest BCUT2D eigenvalue weighted by molar-refractivity contribution is 5.45. The molecule has 2 aliphatic heterocycles. The highest BCUT2D eigenvalue weighted by Crippen LogP contribution is 2.26. The van der Waals surface area contributed by atoms with E-state index in [9.17, 15) is 0 Å². The third kappa shape index (κ3) is 2.82. The Morgan fingerprint density at radius 3 is 2.84 bits per heavy atom. The Labute approximate surface area is 148 Å². The van der Waals surface area contributed by atoms with Gasteiger partial charge in [0.2, 0.25) is 0 Å². The van der Waals surface area contributed by atoms with E-state index in [1.54, 1.807) is 0 Å². The van der Waals surface area contributed by atoms with Crippen LogP contribution in [0, 0.1) is 0 Å². The van der Waals surface area contributed by atoms with Crippen molar-refractivity contribution < 1.29 is 0 Å². The Bertz CT molecular complexity index is 755. The Morgan fingerprint density at radius 2 is 1.96 bits per heavy atom. The zero-order chi connectivity index (χ0) is 16.8. The first kappa shape index (κ1) is 15.3. The molecule has 4 heterocycles. The molecule has 25 heavy (non-hydrogen) atoms. The fourth-order valence-corrected chi connectivity index (χ4v) is 4.34. The van der Waals surface area contributed by atoms with Gasteiger partial charge in [0.25, 0.3) is 0 Å². The second kappa shape index (κ2) is 6.09. The molecular weight excluding hydrogens is 312 g/mol. The van der Waals surface area contributed by atoms with Crippen molar-refractivity contribution in [2.75, 3.05) is 25.0 Å². The second-order valence-electron chi connectivity index (χ2n) is 7.81. The summed E-state index contributed by atoms with van der Waals surface area (Å²) in [5.74, 6) is 1.06. The van der Waals surface area contributed by atoms with Crippen LogP contribution in [0.2, 0.25) is 0 Å². The van der Waals surface area contributed by atoms with Crippen LogP contribution in [-0.2, 0) is 32.4 Å². The van der Waals surface area contributed by atoms with Crippen molar-refractivity contribution in [1.82, 2.24) is 24.9 Å². The molecule has 2 aromatic heterocycles.